The van der Waals surface area contributed by atoms with Gasteiger partial charge in [0.25, 0.3) is 6.01 Å². The first-order valence-corrected chi connectivity index (χ1v) is 13.6. The number of benzene rings is 2. The van der Waals surface area contributed by atoms with E-state index in [4.69, 9.17) is 38.3 Å². The number of carbonyl (C=O) groups is 1. The zero-order chi connectivity index (χ0) is 31.0. The van der Waals surface area contributed by atoms with Crippen LogP contribution in [0.15, 0.2) is 50.0 Å². The molecule has 0 fully saturated rings. The predicted octanol–water partition coefficient (Wildman–Crippen LogP) is 2.89. The topological polar surface area (TPSA) is 150 Å². The number of rotatable bonds is 9. The number of nitrogen functional groups attached to an aromatic ring is 1. The van der Waals surface area contributed by atoms with Crippen molar-refractivity contribution >= 4 is 23.6 Å². The molecule has 0 spiro atoms. The summed E-state index contributed by atoms with van der Waals surface area (Å²) in [5.41, 5.74) is 6.72. The molecule has 12 nitrogen and oxygen atoms in total. The van der Waals surface area contributed by atoms with Gasteiger partial charge in [0, 0.05) is 0 Å². The van der Waals surface area contributed by atoms with Crippen LogP contribution in [0.4, 0.5) is 6.01 Å². The second kappa shape index (κ2) is 11.6. The van der Waals surface area contributed by atoms with Crippen LogP contribution in [0.2, 0.25) is 0 Å². The van der Waals surface area contributed by atoms with E-state index < -0.39 is 17.5 Å². The van der Waals surface area contributed by atoms with Gasteiger partial charge in [0.1, 0.15) is 16.6 Å². The normalized spacial score (nSPS) is 14.5. The molecule has 0 bridgehead atoms. The Kier molecular flexibility index (Phi) is 7.94. The molecule has 3 heterocycles. The Labute approximate surface area is 246 Å². The third-order valence-electron chi connectivity index (χ3n) is 6.63. The summed E-state index contributed by atoms with van der Waals surface area (Å²) in [5.74, 6) is 0.486. The maximum Gasteiger partial charge on any atom is 0.362 e. The second-order valence-electron chi connectivity index (χ2n) is 10.3. The average molecular weight is 592 g/mol. The molecule has 2 N–H and O–H groups in total. The van der Waals surface area contributed by atoms with E-state index in [1.807, 2.05) is 27.7 Å². The molecule has 43 heavy (non-hydrogen) atoms. The van der Waals surface area contributed by atoms with Crippen LogP contribution >= 0.6 is 0 Å². The number of carbonyl (C=O) groups excluding carboxylic acids is 1. The summed E-state index contributed by atoms with van der Waals surface area (Å²) in [6.07, 6.45) is 1.41. The lowest BCUT2D eigenvalue weighted by atomic mass is 9.86. The zero-order valence-corrected chi connectivity index (χ0v) is 24.9. The molecule has 0 saturated heterocycles. The highest BCUT2D eigenvalue weighted by Gasteiger charge is 2.40. The summed E-state index contributed by atoms with van der Waals surface area (Å²) in [7, 11) is 4.28. The summed E-state index contributed by atoms with van der Waals surface area (Å²) in [5, 5.41) is 0.0603. The Balaban J connectivity index is 1.78. The Morgan fingerprint density at radius 1 is 0.930 bits per heavy atom. The van der Waals surface area contributed by atoms with E-state index in [0.29, 0.717) is 34.1 Å². The van der Waals surface area contributed by atoms with E-state index in [1.165, 1.54) is 25.9 Å². The number of oxazole rings is 2. The van der Waals surface area contributed by atoms with Gasteiger partial charge < -0.3 is 38.3 Å². The van der Waals surface area contributed by atoms with Crippen LogP contribution in [-0.4, -0.2) is 49.1 Å². The number of methoxy groups -OCH3 is 3. The molecule has 5 rings (SSSR count). The number of ether oxygens (including phenoxy) is 5. The molecule has 1 unspecified atom stereocenters. The molecule has 1 aliphatic heterocycles. The molecule has 1 aliphatic rings. The third kappa shape index (κ3) is 5.43. The van der Waals surface area contributed by atoms with Crippen molar-refractivity contribution in [3.05, 3.63) is 74.5 Å². The number of hydrogen-bond donors (Lipinski definition) is 1. The highest BCUT2D eigenvalue weighted by Crippen LogP contribution is 2.41. The van der Waals surface area contributed by atoms with Crippen LogP contribution < -0.4 is 41.2 Å². The fourth-order valence-corrected chi connectivity index (χ4v) is 4.97. The van der Waals surface area contributed by atoms with Gasteiger partial charge in [0.2, 0.25) is 11.4 Å². The lowest BCUT2D eigenvalue weighted by Crippen LogP contribution is -2.37. The SMILES string of the molecule is COC(=O)C1=c2oc(=O)/c(=C/c3ccc(OC(C)C)c(OC)c3)n2-c2oc(N)nc2C1c1ccc(OC(C)C)c(OC)c1. The smallest absolute Gasteiger partial charge is 0.362 e. The Hall–Kier alpha value is -5.13. The predicted molar refractivity (Wildman–Crippen MR) is 156 cm³/mol. The van der Waals surface area contributed by atoms with E-state index in [0.717, 1.165) is 0 Å². The molecule has 0 radical (unpaired) electrons. The third-order valence-corrected chi connectivity index (χ3v) is 6.63. The summed E-state index contributed by atoms with van der Waals surface area (Å²) in [4.78, 5) is 31.2. The Morgan fingerprint density at radius 2 is 1.56 bits per heavy atom. The Bertz CT molecular complexity index is 1860. The van der Waals surface area contributed by atoms with Gasteiger partial charge in [-0.2, -0.15) is 4.98 Å². The first-order valence-electron chi connectivity index (χ1n) is 13.6. The van der Waals surface area contributed by atoms with Gasteiger partial charge in [-0.15, -0.1) is 0 Å². The number of anilines is 1. The first-order chi connectivity index (χ1) is 20.6. The Morgan fingerprint density at radius 3 is 2.16 bits per heavy atom. The summed E-state index contributed by atoms with van der Waals surface area (Å²) >= 11 is 0. The van der Waals surface area contributed by atoms with Crippen LogP contribution in [0.25, 0.3) is 17.5 Å². The van der Waals surface area contributed by atoms with E-state index >= 15 is 0 Å². The molecular formula is C31H33N3O9. The minimum atomic E-state index is -0.878. The molecule has 2 aromatic heterocycles. The largest absolute Gasteiger partial charge is 0.493 e. The van der Waals surface area contributed by atoms with Gasteiger partial charge in [-0.1, -0.05) is 12.1 Å². The number of fused-ring (bicyclic) bond motifs is 3. The number of aromatic nitrogens is 2. The van der Waals surface area contributed by atoms with Crippen LogP contribution in [0, 0.1) is 0 Å². The highest BCUT2D eigenvalue weighted by molar-refractivity contribution is 6.12. The average Bonchev–Trinajstić information content (AvgIpc) is 3.50. The minimum Gasteiger partial charge on any atom is -0.493 e. The number of nitrogens with two attached hydrogens (primary N) is 1. The molecular weight excluding hydrogens is 558 g/mol. The standard InChI is InChI=1S/C31H33N3O9/c1-15(2)40-20-10-8-17(13-22(20)37-5)12-19-29(35)42-27-25(30(36)39-7)24(26-28(34(19)27)43-31(32)33-26)18-9-11-21(41-16(3)4)23(14-18)38-6/h8-16,24H,1-7H3,(H2,32,33)/b19-12-. The van der Waals surface area contributed by atoms with E-state index in [-0.39, 0.29) is 46.3 Å². The van der Waals surface area contributed by atoms with Gasteiger partial charge in [0.05, 0.1) is 39.5 Å². The van der Waals surface area contributed by atoms with Crippen molar-refractivity contribution in [2.45, 2.75) is 45.8 Å². The van der Waals surface area contributed by atoms with E-state index in [2.05, 4.69) is 4.98 Å². The monoisotopic (exact) mass is 591 g/mol. The van der Waals surface area contributed by atoms with Crippen molar-refractivity contribution in [2.24, 2.45) is 0 Å². The summed E-state index contributed by atoms with van der Waals surface area (Å²) in [6, 6.07) is 10.3. The minimum absolute atomic E-state index is 0.0258. The fourth-order valence-electron chi connectivity index (χ4n) is 4.97. The molecule has 226 valence electrons. The number of esters is 1. The molecule has 12 heteroatoms. The molecule has 2 aromatic carbocycles. The van der Waals surface area contributed by atoms with Gasteiger partial charge >= 0.3 is 11.6 Å². The molecule has 4 aromatic rings. The maximum absolute atomic E-state index is 13.4. The van der Waals surface area contributed by atoms with Gasteiger partial charge in [-0.3, -0.25) is 0 Å². The van der Waals surface area contributed by atoms with Gasteiger partial charge in [-0.25, -0.2) is 14.2 Å². The molecule has 1 atom stereocenters. The first kappa shape index (κ1) is 29.4. The van der Waals surface area contributed by atoms with Crippen molar-refractivity contribution in [1.82, 2.24) is 9.55 Å². The second-order valence-corrected chi connectivity index (χ2v) is 10.3. The van der Waals surface area contributed by atoms with Crippen molar-refractivity contribution in [3.63, 3.8) is 0 Å². The maximum atomic E-state index is 13.4. The van der Waals surface area contributed by atoms with Crippen LogP contribution in [-0.2, 0) is 9.53 Å². The number of hydrogen-bond acceptors (Lipinski definition) is 11. The van der Waals surface area contributed by atoms with Crippen molar-refractivity contribution < 1.29 is 37.3 Å². The molecule has 0 amide bonds. The van der Waals surface area contributed by atoms with Crippen molar-refractivity contribution in [2.75, 3.05) is 27.1 Å². The van der Waals surface area contributed by atoms with E-state index in [9.17, 15) is 9.59 Å². The van der Waals surface area contributed by atoms with Crippen LogP contribution in [0.3, 0.4) is 0 Å². The quantitative estimate of drug-likeness (QED) is 0.286. The van der Waals surface area contributed by atoms with E-state index in [1.54, 1.807) is 42.5 Å². The van der Waals surface area contributed by atoms with Crippen LogP contribution in [0.1, 0.15) is 50.4 Å². The summed E-state index contributed by atoms with van der Waals surface area (Å²) < 4.78 is 40.8. The lowest BCUT2D eigenvalue weighted by Gasteiger charge is -2.23. The zero-order valence-electron chi connectivity index (χ0n) is 24.9. The fraction of sp³-hybridized carbons (Fsp3) is 0.323. The van der Waals surface area contributed by atoms with Gasteiger partial charge in [-0.05, 0) is 69.2 Å². The lowest BCUT2D eigenvalue weighted by molar-refractivity contribution is -0.134. The number of nitrogens with zero attached hydrogens (tertiary/aromatic N) is 2. The van der Waals surface area contributed by atoms with Crippen molar-refractivity contribution in [1.29, 1.82) is 0 Å². The van der Waals surface area contributed by atoms with Crippen molar-refractivity contribution in [3.8, 4) is 28.9 Å². The highest BCUT2D eigenvalue weighted by atomic mass is 16.5. The summed E-state index contributed by atoms with van der Waals surface area (Å²) in [6.45, 7) is 7.61. The molecule has 0 saturated carbocycles. The van der Waals surface area contributed by atoms with Gasteiger partial charge in [0.15, 0.2) is 23.0 Å². The molecule has 0 aliphatic carbocycles. The van der Waals surface area contributed by atoms with Crippen LogP contribution in [0.5, 0.6) is 23.0 Å².